The average Bonchev–Trinajstić information content (AvgIpc) is 3.23. The average molecular weight is 753 g/mol. The summed E-state index contributed by atoms with van der Waals surface area (Å²) in [4.78, 5) is 25.6. The third-order valence-corrected chi connectivity index (χ3v) is 11.4. The lowest BCUT2D eigenvalue weighted by Crippen LogP contribution is -2.24. The maximum absolute atomic E-state index is 12.8. The van der Waals surface area contributed by atoms with E-state index in [0.717, 1.165) is 48.2 Å². The van der Waals surface area contributed by atoms with E-state index in [9.17, 15) is 9.59 Å². The second kappa shape index (κ2) is 24.3. The summed E-state index contributed by atoms with van der Waals surface area (Å²) >= 11 is 0. The minimum Gasteiger partial charge on any atom is -0.352 e. The Labute approximate surface area is 338 Å². The third kappa shape index (κ3) is 13.9. The smallest absolute Gasteiger partial charge is 0.251 e. The molecule has 0 radical (unpaired) electrons. The molecule has 0 aliphatic rings. The van der Waals surface area contributed by atoms with Gasteiger partial charge in [-0.15, -0.1) is 0 Å². The van der Waals surface area contributed by atoms with E-state index in [-0.39, 0.29) is 11.8 Å². The Morgan fingerprint density at radius 3 is 0.982 bits per heavy atom. The van der Waals surface area contributed by atoms with Crippen molar-refractivity contribution in [1.29, 1.82) is 0 Å². The summed E-state index contributed by atoms with van der Waals surface area (Å²) in [6.07, 6.45) is 25.9. The molecule has 4 heteroatoms. The standard InChI is InChI=1S/C52H68N2O2/c1-3-5-7-9-11-13-15-17-19-21-35-53-51(55)43-27-23-41(24-28-43)45-31-33-47-40-50-38-46(32-34-48(50)39-49(47)37-45)42-25-29-44(30-26-42)52(56)54-36-22-20-18-16-14-12-10-8-6-4-2/h23-34,37-40H,3-22,35-36H2,1-2H3,(H,53,55)(H,54,56). The van der Waals surface area contributed by atoms with Crippen LogP contribution in [0.5, 0.6) is 0 Å². The number of carbonyl (C=O) groups is 2. The summed E-state index contributed by atoms with van der Waals surface area (Å²) in [5.74, 6) is 0.0150. The first-order valence-electron chi connectivity index (χ1n) is 22.3. The molecule has 0 saturated heterocycles. The van der Waals surface area contributed by atoms with Gasteiger partial charge in [-0.1, -0.05) is 178 Å². The van der Waals surface area contributed by atoms with Crippen molar-refractivity contribution in [1.82, 2.24) is 10.6 Å². The van der Waals surface area contributed by atoms with Crippen LogP contribution in [0.3, 0.4) is 0 Å². The van der Waals surface area contributed by atoms with Gasteiger partial charge in [0.2, 0.25) is 0 Å². The van der Waals surface area contributed by atoms with Crippen molar-refractivity contribution < 1.29 is 9.59 Å². The van der Waals surface area contributed by atoms with Gasteiger partial charge in [-0.3, -0.25) is 9.59 Å². The highest BCUT2D eigenvalue weighted by atomic mass is 16.2. The number of amides is 2. The highest BCUT2D eigenvalue weighted by molar-refractivity contribution is 6.01. The minimum absolute atomic E-state index is 0.00748. The molecular weight excluding hydrogens is 685 g/mol. The van der Waals surface area contributed by atoms with Crippen LogP contribution in [0.2, 0.25) is 0 Å². The lowest BCUT2D eigenvalue weighted by molar-refractivity contribution is 0.0944. The van der Waals surface area contributed by atoms with E-state index in [2.05, 4.69) is 97.3 Å². The molecule has 2 amide bonds. The largest absolute Gasteiger partial charge is 0.352 e. The summed E-state index contributed by atoms with van der Waals surface area (Å²) in [7, 11) is 0. The molecule has 0 aromatic heterocycles. The fraction of sp³-hybridized carbons (Fsp3) is 0.462. The number of unbranched alkanes of at least 4 members (excludes halogenated alkanes) is 18. The van der Waals surface area contributed by atoms with Gasteiger partial charge in [0.05, 0.1) is 0 Å². The van der Waals surface area contributed by atoms with E-state index in [1.165, 1.54) is 137 Å². The Morgan fingerprint density at radius 2 is 0.643 bits per heavy atom. The van der Waals surface area contributed by atoms with Crippen molar-refractivity contribution in [2.75, 3.05) is 13.1 Å². The summed E-state index contributed by atoms with van der Waals surface area (Å²) in [6.45, 7) is 6.01. The van der Waals surface area contributed by atoms with Crippen molar-refractivity contribution in [3.8, 4) is 22.3 Å². The SMILES string of the molecule is CCCCCCCCCCCCNC(=O)c1ccc(-c2ccc3cc4cc(-c5ccc(C(=O)NCCCCCCCCCCCC)cc5)ccc4cc3c2)cc1. The molecule has 0 bridgehead atoms. The van der Waals surface area contributed by atoms with Gasteiger partial charge in [0.15, 0.2) is 0 Å². The number of carbonyl (C=O) groups excluding carboxylic acids is 2. The van der Waals surface area contributed by atoms with Crippen LogP contribution in [0.4, 0.5) is 0 Å². The molecule has 0 fully saturated rings. The molecule has 0 aliphatic heterocycles. The van der Waals surface area contributed by atoms with Crippen molar-refractivity contribution >= 4 is 33.4 Å². The van der Waals surface area contributed by atoms with E-state index in [1.54, 1.807) is 0 Å². The zero-order valence-electron chi connectivity index (χ0n) is 34.6. The van der Waals surface area contributed by atoms with Gasteiger partial charge in [-0.2, -0.15) is 0 Å². The summed E-state index contributed by atoms with van der Waals surface area (Å²) in [5, 5.41) is 11.0. The van der Waals surface area contributed by atoms with Crippen LogP contribution in [-0.2, 0) is 0 Å². The number of nitrogens with one attached hydrogen (secondary N) is 2. The molecule has 0 unspecified atom stereocenters. The van der Waals surface area contributed by atoms with Crippen LogP contribution in [-0.4, -0.2) is 24.9 Å². The van der Waals surface area contributed by atoms with Crippen LogP contribution >= 0.6 is 0 Å². The zero-order chi connectivity index (χ0) is 39.2. The molecule has 0 atom stereocenters. The highest BCUT2D eigenvalue weighted by Crippen LogP contribution is 2.31. The van der Waals surface area contributed by atoms with E-state index in [1.807, 2.05) is 24.3 Å². The Balaban J connectivity index is 1.06. The fourth-order valence-electron chi connectivity index (χ4n) is 7.82. The number of rotatable bonds is 26. The van der Waals surface area contributed by atoms with Gasteiger partial charge in [-0.05, 0) is 105 Å². The first kappa shape index (κ1) is 42.7. The molecule has 5 aromatic carbocycles. The van der Waals surface area contributed by atoms with Gasteiger partial charge < -0.3 is 10.6 Å². The zero-order valence-corrected chi connectivity index (χ0v) is 34.6. The molecule has 2 N–H and O–H groups in total. The van der Waals surface area contributed by atoms with E-state index in [0.29, 0.717) is 11.1 Å². The van der Waals surface area contributed by atoms with Crippen LogP contribution in [0.25, 0.3) is 43.8 Å². The number of fused-ring (bicyclic) bond motifs is 2. The number of benzene rings is 5. The fourth-order valence-corrected chi connectivity index (χ4v) is 7.82. The summed E-state index contributed by atoms with van der Waals surface area (Å²) in [5.41, 5.74) is 5.90. The van der Waals surface area contributed by atoms with Crippen molar-refractivity contribution in [3.63, 3.8) is 0 Å². The maximum atomic E-state index is 12.8. The lowest BCUT2D eigenvalue weighted by atomic mass is 9.96. The molecule has 0 aliphatic carbocycles. The van der Waals surface area contributed by atoms with Crippen LogP contribution < -0.4 is 10.6 Å². The van der Waals surface area contributed by atoms with Gasteiger partial charge in [-0.25, -0.2) is 0 Å². The molecule has 298 valence electrons. The third-order valence-electron chi connectivity index (χ3n) is 11.4. The highest BCUT2D eigenvalue weighted by Gasteiger charge is 2.09. The van der Waals surface area contributed by atoms with E-state index < -0.39 is 0 Å². The van der Waals surface area contributed by atoms with E-state index >= 15 is 0 Å². The van der Waals surface area contributed by atoms with Crippen molar-refractivity contribution in [2.45, 2.75) is 142 Å². The van der Waals surface area contributed by atoms with Crippen LogP contribution in [0, 0.1) is 0 Å². The maximum Gasteiger partial charge on any atom is 0.251 e. The second-order valence-electron chi connectivity index (χ2n) is 16.0. The first-order chi connectivity index (χ1) is 27.6. The van der Waals surface area contributed by atoms with Gasteiger partial charge in [0.1, 0.15) is 0 Å². The van der Waals surface area contributed by atoms with Gasteiger partial charge in [0.25, 0.3) is 11.8 Å². The minimum atomic E-state index is 0.00748. The number of hydrogen-bond acceptors (Lipinski definition) is 2. The summed E-state index contributed by atoms with van der Waals surface area (Å²) in [6, 6.07) is 33.7. The van der Waals surface area contributed by atoms with Crippen molar-refractivity contribution in [3.05, 3.63) is 108 Å². The Hall–Kier alpha value is -4.44. The molecule has 56 heavy (non-hydrogen) atoms. The van der Waals surface area contributed by atoms with Crippen molar-refractivity contribution in [2.24, 2.45) is 0 Å². The normalized spacial score (nSPS) is 11.3. The Bertz CT molecular complexity index is 1770. The molecular formula is C52H68N2O2. The van der Waals surface area contributed by atoms with Gasteiger partial charge in [0, 0.05) is 24.2 Å². The summed E-state index contributed by atoms with van der Waals surface area (Å²) < 4.78 is 0. The van der Waals surface area contributed by atoms with E-state index in [4.69, 9.17) is 0 Å². The monoisotopic (exact) mass is 753 g/mol. The number of hydrogen-bond donors (Lipinski definition) is 2. The molecule has 0 saturated carbocycles. The predicted octanol–water partition coefficient (Wildman–Crippen LogP) is 14.6. The first-order valence-corrected chi connectivity index (χ1v) is 22.3. The Morgan fingerprint density at radius 1 is 0.339 bits per heavy atom. The van der Waals surface area contributed by atoms with Gasteiger partial charge >= 0.3 is 0 Å². The second-order valence-corrected chi connectivity index (χ2v) is 16.0. The Kier molecular flexibility index (Phi) is 18.5. The molecule has 0 spiro atoms. The molecule has 5 rings (SSSR count). The molecule has 5 aromatic rings. The molecule has 0 heterocycles. The van der Waals surface area contributed by atoms with Crippen LogP contribution in [0.1, 0.15) is 163 Å². The predicted molar refractivity (Wildman–Crippen MR) is 241 cm³/mol. The van der Waals surface area contributed by atoms with Crippen LogP contribution in [0.15, 0.2) is 97.1 Å². The molecule has 4 nitrogen and oxygen atoms in total. The lowest BCUT2D eigenvalue weighted by Gasteiger charge is -2.10. The quantitative estimate of drug-likeness (QED) is 0.0436. The topological polar surface area (TPSA) is 58.2 Å².